The second kappa shape index (κ2) is 24.8. The van der Waals surface area contributed by atoms with Crippen molar-refractivity contribution in [3.63, 3.8) is 0 Å². The predicted molar refractivity (Wildman–Crippen MR) is 267 cm³/mol. The van der Waals surface area contributed by atoms with Crippen LogP contribution in [0.2, 0.25) is 0 Å². The topological polar surface area (TPSA) is 263 Å². The molecule has 74 heavy (non-hydrogen) atoms. The molecule has 22 heteroatoms. The van der Waals surface area contributed by atoms with Crippen LogP contribution < -0.4 is 29.9 Å². The molecule has 4 fully saturated rings. The second-order valence-electron chi connectivity index (χ2n) is 18.6. The van der Waals surface area contributed by atoms with Crippen molar-refractivity contribution in [2.75, 3.05) is 80.0 Å². The molecule has 8 rings (SSSR count). The van der Waals surface area contributed by atoms with Crippen LogP contribution in [0.4, 0.5) is 0 Å². The molecule has 400 valence electrons. The minimum absolute atomic E-state index is 0.00370. The van der Waals surface area contributed by atoms with Crippen LogP contribution in [-0.4, -0.2) is 150 Å². The minimum atomic E-state index is -4.09. The average molecular weight is 1070 g/mol. The number of nitrogens with zero attached hydrogens (tertiary/aromatic N) is 2. The number of carbonyl (C=O) groups excluding carboxylic acids is 4. The number of nitrogens with one attached hydrogen (secondary N) is 2. The number of hydroxylamine groups is 2. The number of methoxy groups -OCH3 is 2. The van der Waals surface area contributed by atoms with Crippen molar-refractivity contribution in [2.24, 2.45) is 11.8 Å². The fraction of sp³-hybridized carbons (Fsp3) is 0.462. The summed E-state index contributed by atoms with van der Waals surface area (Å²) in [4.78, 5) is 54.1. The molecule has 0 bridgehead atoms. The third-order valence-electron chi connectivity index (χ3n) is 14.3. The van der Waals surface area contributed by atoms with Crippen LogP contribution in [0.25, 0.3) is 0 Å². The summed E-state index contributed by atoms with van der Waals surface area (Å²) in [6.45, 7) is 3.78. The molecular weight excluding hydrogens is 1000 g/mol. The Morgan fingerprint density at radius 2 is 0.919 bits per heavy atom. The Balaban J connectivity index is 0.000000216. The molecule has 4 amide bonds. The molecule has 4 heterocycles. The molecule has 4 aliphatic rings. The van der Waals surface area contributed by atoms with E-state index in [1.165, 1.54) is 35.2 Å². The molecule has 4 aromatic rings. The molecule has 1 atom stereocenters. The van der Waals surface area contributed by atoms with E-state index in [9.17, 15) is 46.4 Å². The molecule has 4 aliphatic heterocycles. The first-order valence-electron chi connectivity index (χ1n) is 24.5. The van der Waals surface area contributed by atoms with Crippen molar-refractivity contribution < 1.29 is 74.8 Å². The van der Waals surface area contributed by atoms with Gasteiger partial charge in [-0.05, 0) is 154 Å². The van der Waals surface area contributed by atoms with E-state index in [-0.39, 0.29) is 85.6 Å². The van der Waals surface area contributed by atoms with E-state index in [0.29, 0.717) is 73.5 Å². The molecule has 0 spiro atoms. The van der Waals surface area contributed by atoms with Gasteiger partial charge in [0.2, 0.25) is 0 Å². The molecular formula is C52H64N4O16S2. The van der Waals surface area contributed by atoms with Gasteiger partial charge in [-0.1, -0.05) is 0 Å². The summed E-state index contributed by atoms with van der Waals surface area (Å²) in [5.41, 5.74) is 4.27. The maximum absolute atomic E-state index is 13.4. The highest BCUT2D eigenvalue weighted by molar-refractivity contribution is 7.94. The highest BCUT2D eigenvalue weighted by atomic mass is 32.2. The molecule has 0 aliphatic carbocycles. The van der Waals surface area contributed by atoms with Crippen molar-refractivity contribution in [1.82, 2.24) is 20.8 Å². The van der Waals surface area contributed by atoms with Gasteiger partial charge in [0.25, 0.3) is 23.6 Å². The summed E-state index contributed by atoms with van der Waals surface area (Å²) in [6.07, 6.45) is 3.20. The Bertz CT molecular complexity index is 2760. The average Bonchev–Trinajstić information content (AvgIpc) is 3.47. The van der Waals surface area contributed by atoms with Crippen molar-refractivity contribution in [2.45, 2.75) is 70.7 Å². The quantitative estimate of drug-likeness (QED) is 0.0858. The van der Waals surface area contributed by atoms with Gasteiger partial charge in [-0.25, -0.2) is 27.8 Å². The summed E-state index contributed by atoms with van der Waals surface area (Å²) in [6, 6.07) is 26.0. The van der Waals surface area contributed by atoms with E-state index < -0.39 is 41.0 Å². The number of amides is 4. The zero-order valence-electron chi connectivity index (χ0n) is 41.4. The van der Waals surface area contributed by atoms with E-state index >= 15 is 0 Å². The number of benzene rings is 4. The van der Waals surface area contributed by atoms with Gasteiger partial charge in [-0.15, -0.1) is 0 Å². The Morgan fingerprint density at radius 1 is 0.541 bits per heavy atom. The standard InChI is InChI=1S/2C26H32N2O8S/c1-34-21-4-2-20(3-5-21)24(29)28-14-10-19(11-15-28)18-36-22-6-8-23(9-7-22)37(32,33)26(25(30)27-31)12-16-35-17-13-26;1-34-21-6-4-20(5-7-21)24(29)28-14-2-3-19(17-28)18-36-22-8-10-23(11-9-22)37(32,33)26(25(30)27-31)12-15-35-16-13-26/h2-9,19,31H,10-18H2,1H3,(H,27,30);4-11,19,31H,2-3,12-18H2,1H3,(H,27,30). The Hall–Kier alpha value is -6.30. The van der Waals surface area contributed by atoms with Crippen molar-refractivity contribution >= 4 is 43.3 Å². The smallest absolute Gasteiger partial charge is 0.265 e. The van der Waals surface area contributed by atoms with E-state index in [1.807, 2.05) is 9.80 Å². The second-order valence-corrected chi connectivity index (χ2v) is 23.1. The van der Waals surface area contributed by atoms with Gasteiger partial charge in [0.15, 0.2) is 29.2 Å². The van der Waals surface area contributed by atoms with Crippen LogP contribution in [0, 0.1) is 11.8 Å². The zero-order valence-corrected chi connectivity index (χ0v) is 43.1. The molecule has 1 unspecified atom stereocenters. The van der Waals surface area contributed by atoms with E-state index in [2.05, 4.69) is 0 Å². The van der Waals surface area contributed by atoms with E-state index in [0.717, 1.165) is 25.7 Å². The lowest BCUT2D eigenvalue weighted by atomic mass is 9.97. The number of sulfone groups is 2. The normalized spacial score (nSPS) is 18.9. The Kier molecular flexibility index (Phi) is 18.6. The minimum Gasteiger partial charge on any atom is -0.497 e. The number of likely N-dealkylation sites (tertiary alicyclic amines) is 2. The number of hydrogen-bond donors (Lipinski definition) is 4. The molecule has 4 N–H and O–H groups in total. The van der Waals surface area contributed by atoms with E-state index in [4.69, 9.17) is 28.4 Å². The Labute approximate surface area is 430 Å². The lowest BCUT2D eigenvalue weighted by molar-refractivity contribution is -0.135. The van der Waals surface area contributed by atoms with Crippen molar-refractivity contribution in [3.05, 3.63) is 108 Å². The molecule has 0 radical (unpaired) electrons. The fourth-order valence-electron chi connectivity index (χ4n) is 9.67. The molecule has 0 saturated carbocycles. The monoisotopic (exact) mass is 1060 g/mol. The molecule has 4 saturated heterocycles. The van der Waals surface area contributed by atoms with Crippen LogP contribution in [0.5, 0.6) is 23.0 Å². The largest absolute Gasteiger partial charge is 0.497 e. The maximum Gasteiger partial charge on any atom is 0.265 e. The number of piperidine rings is 2. The van der Waals surface area contributed by atoms with Crippen LogP contribution in [-0.2, 0) is 38.7 Å². The SMILES string of the molecule is COc1ccc(C(=O)N2CCC(COc3ccc(S(=O)(=O)C4(C(=O)NO)CCOCC4)cc3)CC2)cc1.COc1ccc(C(=O)N2CCCC(COc3ccc(S(=O)(=O)C4(C(=O)NO)CCOCC4)cc3)C2)cc1. The van der Waals surface area contributed by atoms with Gasteiger partial charge < -0.3 is 38.2 Å². The number of hydrogen-bond acceptors (Lipinski definition) is 16. The molecule has 0 aromatic heterocycles. The summed E-state index contributed by atoms with van der Waals surface area (Å²) in [7, 11) is -5.01. The summed E-state index contributed by atoms with van der Waals surface area (Å²) in [5.74, 6) is 0.868. The summed E-state index contributed by atoms with van der Waals surface area (Å²) >= 11 is 0. The van der Waals surface area contributed by atoms with Gasteiger partial charge in [0.1, 0.15) is 23.0 Å². The van der Waals surface area contributed by atoms with Gasteiger partial charge in [0, 0.05) is 69.7 Å². The lowest BCUT2D eigenvalue weighted by Gasteiger charge is -2.34. The van der Waals surface area contributed by atoms with Crippen LogP contribution in [0.15, 0.2) is 107 Å². The third-order valence-corrected chi connectivity index (χ3v) is 19.3. The maximum atomic E-state index is 13.4. The number of ether oxygens (including phenoxy) is 6. The van der Waals surface area contributed by atoms with E-state index in [1.54, 1.807) is 87.0 Å². The third kappa shape index (κ3) is 12.3. The van der Waals surface area contributed by atoms with Crippen LogP contribution in [0.1, 0.15) is 72.1 Å². The Morgan fingerprint density at radius 3 is 1.31 bits per heavy atom. The number of carbonyl (C=O) groups is 4. The first-order valence-corrected chi connectivity index (χ1v) is 27.4. The van der Waals surface area contributed by atoms with Gasteiger partial charge in [-0.3, -0.25) is 29.6 Å². The zero-order chi connectivity index (χ0) is 52.9. The summed E-state index contributed by atoms with van der Waals surface area (Å²) in [5, 5.41) is 18.4. The first kappa shape index (κ1) is 55.5. The highest BCUT2D eigenvalue weighted by Gasteiger charge is 2.53. The number of rotatable bonds is 16. The fourth-order valence-corrected chi connectivity index (χ4v) is 13.6. The van der Waals surface area contributed by atoms with Crippen molar-refractivity contribution in [3.8, 4) is 23.0 Å². The van der Waals surface area contributed by atoms with Crippen LogP contribution in [0.3, 0.4) is 0 Å². The van der Waals surface area contributed by atoms with Crippen LogP contribution >= 0.6 is 0 Å². The predicted octanol–water partition coefficient (Wildman–Crippen LogP) is 4.91. The first-order chi connectivity index (χ1) is 35.6. The summed E-state index contributed by atoms with van der Waals surface area (Å²) < 4.78 is 82.5. The molecule has 4 aromatic carbocycles. The van der Waals surface area contributed by atoms with Gasteiger partial charge >= 0.3 is 0 Å². The lowest BCUT2D eigenvalue weighted by Crippen LogP contribution is -2.54. The van der Waals surface area contributed by atoms with Gasteiger partial charge in [-0.2, -0.15) is 0 Å². The van der Waals surface area contributed by atoms with Crippen molar-refractivity contribution in [1.29, 1.82) is 0 Å². The highest BCUT2D eigenvalue weighted by Crippen LogP contribution is 2.38. The molecule has 20 nitrogen and oxygen atoms in total. The van der Waals surface area contributed by atoms with Gasteiger partial charge in [0.05, 0.1) is 37.2 Å².